The molecule has 37 heavy (non-hydrogen) atoms. The average molecular weight is 524 g/mol. The van der Waals surface area contributed by atoms with E-state index in [4.69, 9.17) is 9.47 Å². The Balaban J connectivity index is 1.68. The molecule has 1 aromatic heterocycles. The van der Waals surface area contributed by atoms with Gasteiger partial charge in [0.05, 0.1) is 13.0 Å². The Morgan fingerprint density at radius 3 is 2.54 bits per heavy atom. The number of esters is 1. The molecule has 3 rings (SSSR count). The van der Waals surface area contributed by atoms with Crippen LogP contribution >= 0.6 is 0 Å². The molecular weight excluding hydrogens is 498 g/mol. The van der Waals surface area contributed by atoms with Gasteiger partial charge in [0.15, 0.2) is 6.10 Å². The number of hydrogen-bond acceptors (Lipinski definition) is 9. The maximum absolute atomic E-state index is 15.3. The Kier molecular flexibility index (Phi) is 9.25. The highest BCUT2D eigenvalue weighted by molar-refractivity contribution is 5.92. The minimum atomic E-state index is -3.90. The number of hydrogen-bond donors (Lipinski definition) is 3. The summed E-state index contributed by atoms with van der Waals surface area (Å²) in [5.41, 5.74) is -0.670. The van der Waals surface area contributed by atoms with Gasteiger partial charge >= 0.3 is 23.7 Å². The van der Waals surface area contributed by atoms with Crippen LogP contribution in [0, 0.1) is 0 Å². The van der Waals surface area contributed by atoms with Gasteiger partial charge < -0.3 is 24.6 Å². The zero-order chi connectivity index (χ0) is 27.0. The number of alkyl halides is 2. The number of carbonyl (C=O) groups is 3. The quantitative estimate of drug-likeness (QED) is 0.396. The number of anilines is 2. The van der Waals surface area contributed by atoms with Crippen LogP contribution in [0.4, 0.5) is 25.1 Å². The minimum absolute atomic E-state index is 0.0646. The van der Waals surface area contributed by atoms with Crippen LogP contribution < -0.4 is 16.3 Å². The van der Waals surface area contributed by atoms with Gasteiger partial charge in [0.1, 0.15) is 11.9 Å². The fraction of sp³-hybridized carbons (Fsp3) is 0.435. The van der Waals surface area contributed by atoms with Crippen molar-refractivity contribution in [2.75, 3.05) is 23.8 Å². The van der Waals surface area contributed by atoms with Crippen molar-refractivity contribution in [3.8, 4) is 0 Å². The summed E-state index contributed by atoms with van der Waals surface area (Å²) in [4.78, 5) is 51.8. The molecule has 0 bridgehead atoms. The van der Waals surface area contributed by atoms with E-state index in [9.17, 15) is 24.3 Å². The Morgan fingerprint density at radius 1 is 1.16 bits per heavy atom. The number of carbonyl (C=O) groups excluding carboxylic acids is 3. The number of aliphatic hydroxyl groups excluding tert-OH is 1. The molecule has 2 aromatic rings. The molecule has 2 amide bonds. The molecule has 0 spiro atoms. The monoisotopic (exact) mass is 524 g/mol. The van der Waals surface area contributed by atoms with Crippen molar-refractivity contribution in [2.45, 2.75) is 50.5 Å². The molecule has 1 saturated heterocycles. The van der Waals surface area contributed by atoms with Crippen LogP contribution in [0.1, 0.15) is 32.4 Å². The molecule has 1 fully saturated rings. The molecule has 0 radical (unpaired) electrons. The predicted octanol–water partition coefficient (Wildman–Crippen LogP) is 2.06. The first kappa shape index (κ1) is 27.7. The van der Waals surface area contributed by atoms with E-state index in [0.29, 0.717) is 10.3 Å². The van der Waals surface area contributed by atoms with Crippen LogP contribution in [0.25, 0.3) is 0 Å². The summed E-state index contributed by atoms with van der Waals surface area (Å²) in [5, 5.41) is 14.0. The van der Waals surface area contributed by atoms with Crippen LogP contribution in [0.5, 0.6) is 0 Å². The largest absolute Gasteiger partial charge is 0.453 e. The number of nitrogens with one attached hydrogen (secondary N) is 2. The standard InChI is InChI=1S/C23H26F2N4O8/c1-2-35-22(34)28-16-10-12-29(21(33)27-16)20-23(24,25)19(15(36-20)11-13-30)37-18(32)9-8-17(31)26-14-6-4-3-5-7-14/h3-7,10,12,15,19-20,30H,2,8-9,11,13H2,1H3,(H,26,31)(H,27,28,33,34)/t15-,19-,20-/m1/s1. The number of amides is 2. The maximum atomic E-state index is 15.3. The highest BCUT2D eigenvalue weighted by atomic mass is 19.3. The van der Waals surface area contributed by atoms with Gasteiger partial charge in [-0.05, 0) is 25.1 Å². The first-order valence-corrected chi connectivity index (χ1v) is 11.4. The molecule has 1 aromatic carbocycles. The molecule has 1 aliphatic heterocycles. The van der Waals surface area contributed by atoms with Crippen molar-refractivity contribution in [3.63, 3.8) is 0 Å². The molecule has 3 atom stereocenters. The molecule has 2 heterocycles. The first-order valence-electron chi connectivity index (χ1n) is 11.4. The topological polar surface area (TPSA) is 158 Å². The van der Waals surface area contributed by atoms with E-state index >= 15 is 8.78 Å². The third kappa shape index (κ3) is 7.07. The number of para-hydroxylation sites is 1. The van der Waals surface area contributed by atoms with Gasteiger partial charge in [0.25, 0.3) is 0 Å². The Bertz CT molecular complexity index is 1160. The molecule has 14 heteroatoms. The predicted molar refractivity (Wildman–Crippen MR) is 124 cm³/mol. The van der Waals surface area contributed by atoms with E-state index in [1.807, 2.05) is 0 Å². The molecule has 0 aliphatic carbocycles. The molecule has 200 valence electrons. The highest BCUT2D eigenvalue weighted by Crippen LogP contribution is 2.45. The third-order valence-electron chi connectivity index (χ3n) is 5.22. The Hall–Kier alpha value is -3.91. The van der Waals surface area contributed by atoms with Gasteiger partial charge in [0.2, 0.25) is 12.1 Å². The summed E-state index contributed by atoms with van der Waals surface area (Å²) in [6.07, 6.45) is -6.87. The third-order valence-corrected chi connectivity index (χ3v) is 5.22. The van der Waals surface area contributed by atoms with Crippen LogP contribution in [0.15, 0.2) is 47.4 Å². The van der Waals surface area contributed by atoms with Crippen LogP contribution in [0.3, 0.4) is 0 Å². The zero-order valence-corrected chi connectivity index (χ0v) is 19.8. The van der Waals surface area contributed by atoms with E-state index in [1.165, 1.54) is 0 Å². The second-order valence-corrected chi connectivity index (χ2v) is 7.89. The van der Waals surface area contributed by atoms with E-state index in [2.05, 4.69) is 20.4 Å². The summed E-state index contributed by atoms with van der Waals surface area (Å²) in [5.74, 6) is -5.73. The average Bonchev–Trinajstić information content (AvgIpc) is 3.08. The molecular formula is C23H26F2N4O8. The SMILES string of the molecule is CCOC(=O)Nc1ccn([C@@H]2O[C@H](CCO)[C@@H](OC(=O)CCC(=O)Nc3ccccc3)C2(F)F)c(=O)n1. The minimum Gasteiger partial charge on any atom is -0.453 e. The van der Waals surface area contributed by atoms with Crippen LogP contribution in [-0.2, 0) is 23.8 Å². The summed E-state index contributed by atoms with van der Waals surface area (Å²) < 4.78 is 46.1. The fourth-order valence-corrected chi connectivity index (χ4v) is 3.56. The van der Waals surface area contributed by atoms with E-state index in [1.54, 1.807) is 37.3 Å². The number of rotatable bonds is 10. The lowest BCUT2D eigenvalue weighted by atomic mass is 10.1. The smallest absolute Gasteiger partial charge is 0.412 e. The van der Waals surface area contributed by atoms with E-state index in [0.717, 1.165) is 12.3 Å². The summed E-state index contributed by atoms with van der Waals surface area (Å²) in [6.45, 7) is 1.07. The molecule has 12 nitrogen and oxygen atoms in total. The van der Waals surface area contributed by atoms with E-state index < -0.39 is 61.0 Å². The fourth-order valence-electron chi connectivity index (χ4n) is 3.56. The van der Waals surface area contributed by atoms with Gasteiger partial charge in [0, 0.05) is 31.3 Å². The van der Waals surface area contributed by atoms with Crippen molar-refractivity contribution in [3.05, 3.63) is 53.1 Å². The number of ether oxygens (including phenoxy) is 3. The Morgan fingerprint density at radius 2 is 1.89 bits per heavy atom. The van der Waals surface area contributed by atoms with Crippen LogP contribution in [0.2, 0.25) is 0 Å². The summed E-state index contributed by atoms with van der Waals surface area (Å²) in [7, 11) is 0. The lowest BCUT2D eigenvalue weighted by Crippen LogP contribution is -2.44. The summed E-state index contributed by atoms with van der Waals surface area (Å²) in [6, 6.07) is 9.53. The van der Waals surface area contributed by atoms with Gasteiger partial charge in [-0.2, -0.15) is 13.8 Å². The van der Waals surface area contributed by atoms with Gasteiger partial charge in [-0.15, -0.1) is 0 Å². The van der Waals surface area contributed by atoms with Gasteiger partial charge in [-0.25, -0.2) is 9.59 Å². The maximum Gasteiger partial charge on any atom is 0.412 e. The lowest BCUT2D eigenvalue weighted by molar-refractivity contribution is -0.176. The van der Waals surface area contributed by atoms with Gasteiger partial charge in [-0.1, -0.05) is 18.2 Å². The summed E-state index contributed by atoms with van der Waals surface area (Å²) >= 11 is 0. The number of halogens is 2. The zero-order valence-electron chi connectivity index (χ0n) is 19.8. The van der Waals surface area contributed by atoms with Crippen molar-refractivity contribution < 1.29 is 42.5 Å². The number of benzene rings is 1. The molecule has 1 aliphatic rings. The lowest BCUT2D eigenvalue weighted by Gasteiger charge is -2.24. The van der Waals surface area contributed by atoms with Crippen molar-refractivity contribution in [1.82, 2.24) is 9.55 Å². The molecule has 0 unspecified atom stereocenters. The van der Waals surface area contributed by atoms with Crippen molar-refractivity contribution in [1.29, 1.82) is 0 Å². The second-order valence-electron chi connectivity index (χ2n) is 7.89. The first-order chi connectivity index (χ1) is 17.6. The Labute approximate surface area is 209 Å². The highest BCUT2D eigenvalue weighted by Gasteiger charge is 2.62. The number of aliphatic hydroxyl groups is 1. The molecule has 0 saturated carbocycles. The van der Waals surface area contributed by atoms with Gasteiger partial charge in [-0.3, -0.25) is 19.5 Å². The number of nitrogens with zero attached hydrogens (tertiary/aromatic N) is 2. The second kappa shape index (κ2) is 12.4. The normalized spacial score (nSPS) is 20.2. The molecule has 3 N–H and O–H groups in total. The van der Waals surface area contributed by atoms with Crippen molar-refractivity contribution >= 4 is 29.5 Å². The van der Waals surface area contributed by atoms with E-state index in [-0.39, 0.29) is 25.3 Å². The van der Waals surface area contributed by atoms with Crippen LogP contribution in [-0.4, -0.2) is 64.0 Å². The number of aromatic nitrogens is 2. The van der Waals surface area contributed by atoms with Crippen molar-refractivity contribution in [2.24, 2.45) is 0 Å².